The van der Waals surface area contributed by atoms with Gasteiger partial charge in [-0.2, -0.15) is 0 Å². The Balaban J connectivity index is -0.0000000383. The van der Waals surface area contributed by atoms with E-state index in [1.807, 2.05) is 0 Å². The van der Waals surface area contributed by atoms with Gasteiger partial charge in [0.15, 0.2) is 0 Å². The van der Waals surface area contributed by atoms with Crippen LogP contribution >= 0.6 is 8.25 Å². The Kier molecular flexibility index (Phi) is 37.5. The fraction of sp³-hybridized carbons (Fsp3) is 1.00. The molecule has 1 unspecified atom stereocenters. The molecule has 0 aliphatic rings. The molecular formula is C3H8Na2O5P+. The molecule has 0 fully saturated rings. The van der Waals surface area contributed by atoms with E-state index in [0.29, 0.717) is 0 Å². The average Bonchev–Trinajstić information content (AvgIpc) is 1.65. The van der Waals surface area contributed by atoms with Crippen LogP contribution in [0.3, 0.4) is 0 Å². The van der Waals surface area contributed by atoms with Gasteiger partial charge in [-0.15, -0.1) is 0 Å². The first-order valence-corrected chi connectivity index (χ1v) is 3.20. The first kappa shape index (κ1) is 23.1. The summed E-state index contributed by atoms with van der Waals surface area (Å²) in [6, 6.07) is 0. The summed E-state index contributed by atoms with van der Waals surface area (Å²) in [6.45, 7) is 1.39. The zero-order valence-electron chi connectivity index (χ0n) is 6.85. The Bertz CT molecular complexity index is 76.1. The van der Waals surface area contributed by atoms with Gasteiger partial charge in [0.1, 0.15) is 0 Å². The van der Waals surface area contributed by atoms with Crippen LogP contribution in [0.4, 0.5) is 0 Å². The number of aliphatic hydroxyl groups excluding tert-OH is 2. The molecule has 0 radical (unpaired) electrons. The molecule has 11 heavy (non-hydrogen) atoms. The molecule has 8 heteroatoms. The van der Waals surface area contributed by atoms with E-state index < -0.39 is 14.4 Å². The molecule has 0 aromatic rings. The second kappa shape index (κ2) is 17.9. The predicted octanol–water partition coefficient (Wildman–Crippen LogP) is -8.27. The smallest absolute Gasteiger partial charge is 0.598 e. The quantitative estimate of drug-likeness (QED) is 0.324. The van der Waals surface area contributed by atoms with Gasteiger partial charge in [-0.1, -0.05) is 4.57 Å². The normalized spacial score (nSPS) is 9.18. The third kappa shape index (κ3) is 76.0. The van der Waals surface area contributed by atoms with Crippen LogP contribution in [-0.2, 0) is 4.57 Å². The zero-order valence-corrected chi connectivity index (χ0v) is 11.7. The van der Waals surface area contributed by atoms with Crippen molar-refractivity contribution in [3.05, 3.63) is 0 Å². The monoisotopic (exact) mass is 201 g/mol. The number of aliphatic hydroxyl groups is 2. The summed E-state index contributed by atoms with van der Waals surface area (Å²) in [4.78, 5) is 17.0. The molecule has 0 saturated carbocycles. The van der Waals surface area contributed by atoms with E-state index in [-0.39, 0.29) is 65.7 Å². The van der Waals surface area contributed by atoms with Crippen molar-refractivity contribution in [3.8, 4) is 0 Å². The maximum Gasteiger partial charge on any atom is 1.00 e. The second-order valence-corrected chi connectivity index (χ2v) is 1.70. The van der Waals surface area contributed by atoms with Gasteiger partial charge in [0.05, 0.1) is 12.7 Å². The Hall–Kier alpha value is 1.94. The third-order valence-electron chi connectivity index (χ3n) is 0.264. The summed E-state index contributed by atoms with van der Waals surface area (Å²) in [5.74, 6) is 0. The summed E-state index contributed by atoms with van der Waals surface area (Å²) in [6.07, 6.45) is -0.560. The van der Waals surface area contributed by atoms with E-state index >= 15 is 0 Å². The third-order valence-corrected chi connectivity index (χ3v) is 0.264. The molecule has 56 valence electrons. The number of hydrogen-bond acceptors (Lipinski definition) is 5. The molecule has 0 spiro atoms. The van der Waals surface area contributed by atoms with Crippen LogP contribution in [0.25, 0.3) is 0 Å². The zero-order chi connectivity index (χ0) is 7.86. The number of rotatable bonds is 1. The van der Waals surface area contributed by atoms with Gasteiger partial charge in [0.25, 0.3) is 8.25 Å². The Morgan fingerprint density at radius 1 is 1.45 bits per heavy atom. The van der Waals surface area contributed by atoms with Gasteiger partial charge in [-0.25, -0.2) is 0 Å². The van der Waals surface area contributed by atoms with Gasteiger partial charge in [-0.3, -0.25) is 0 Å². The van der Waals surface area contributed by atoms with E-state index in [1.165, 1.54) is 6.92 Å². The molecule has 1 atom stereocenters. The molecule has 0 amide bonds. The van der Waals surface area contributed by atoms with Gasteiger partial charge in [-0.05, 0) is 6.92 Å². The molecule has 0 bridgehead atoms. The molecule has 0 heterocycles. The fourth-order valence-corrected chi connectivity index (χ4v) is 0. The van der Waals surface area contributed by atoms with Crippen molar-refractivity contribution in [2.24, 2.45) is 0 Å². The maximum atomic E-state index is 8.48. The Labute approximate surface area is 110 Å². The topological polar surface area (TPSA) is 104 Å². The van der Waals surface area contributed by atoms with Crippen molar-refractivity contribution in [3.63, 3.8) is 0 Å². The van der Waals surface area contributed by atoms with Crippen LogP contribution in [-0.4, -0.2) is 22.9 Å². The summed E-state index contributed by atoms with van der Waals surface area (Å²) in [5, 5.41) is 16.0. The van der Waals surface area contributed by atoms with Crippen molar-refractivity contribution in [1.82, 2.24) is 0 Å². The van der Waals surface area contributed by atoms with Crippen molar-refractivity contribution in [2.45, 2.75) is 13.0 Å². The Morgan fingerprint density at radius 2 is 1.55 bits per heavy atom. The van der Waals surface area contributed by atoms with Crippen LogP contribution in [0, 0.1) is 0 Å². The fourth-order valence-electron chi connectivity index (χ4n) is 0. The van der Waals surface area contributed by atoms with E-state index in [2.05, 4.69) is 0 Å². The van der Waals surface area contributed by atoms with Gasteiger partial charge in [0, 0.05) is 0 Å². The summed E-state index contributed by atoms with van der Waals surface area (Å²) in [5.41, 5.74) is 0. The molecule has 0 saturated heterocycles. The molecule has 0 aromatic heterocycles. The Morgan fingerprint density at radius 3 is 1.55 bits per heavy atom. The molecule has 5 nitrogen and oxygen atoms in total. The van der Waals surface area contributed by atoms with Crippen molar-refractivity contribution < 1.29 is 83.7 Å². The summed E-state index contributed by atoms with van der Waals surface area (Å²) in [7, 11) is -3.37. The van der Waals surface area contributed by atoms with Gasteiger partial charge in [0.2, 0.25) is 0 Å². The average molecular weight is 201 g/mol. The molecule has 0 aromatic carbocycles. The molecule has 0 aliphatic carbocycles. The van der Waals surface area contributed by atoms with E-state index in [9.17, 15) is 0 Å². The van der Waals surface area contributed by atoms with Crippen LogP contribution in [0.1, 0.15) is 6.92 Å². The van der Waals surface area contributed by atoms with Crippen molar-refractivity contribution >= 4 is 8.25 Å². The van der Waals surface area contributed by atoms with Crippen LogP contribution in [0.2, 0.25) is 0 Å². The minimum atomic E-state index is -3.37. The molecule has 0 aliphatic heterocycles. The van der Waals surface area contributed by atoms with Crippen LogP contribution in [0.15, 0.2) is 0 Å². The minimum absolute atomic E-state index is 0. The van der Waals surface area contributed by atoms with E-state index in [0.717, 1.165) is 0 Å². The standard InChI is InChI=1S/C3H8O2.2Na.HO3P/c1-3(5)2-4;;;1-4(2)3/h3-5H,2H2,1H3;;;(H,1,2,3)/q;2*+1;/p-1. The largest absolute Gasteiger partial charge is 1.00 e. The van der Waals surface area contributed by atoms with E-state index in [4.69, 9.17) is 24.6 Å². The molecule has 0 rings (SSSR count). The predicted molar refractivity (Wildman–Crippen MR) is 26.4 cm³/mol. The minimum Gasteiger partial charge on any atom is -0.598 e. The van der Waals surface area contributed by atoms with E-state index in [1.54, 1.807) is 0 Å². The van der Waals surface area contributed by atoms with Gasteiger partial charge < -0.3 is 20.0 Å². The summed E-state index contributed by atoms with van der Waals surface area (Å²) < 4.78 is 8.48. The maximum absolute atomic E-state index is 8.48. The van der Waals surface area contributed by atoms with Gasteiger partial charge >= 0.3 is 59.1 Å². The van der Waals surface area contributed by atoms with Crippen molar-refractivity contribution in [1.29, 1.82) is 0 Å². The first-order chi connectivity index (χ1) is 4.00. The van der Waals surface area contributed by atoms with Crippen LogP contribution in [0.5, 0.6) is 0 Å². The number of hydrogen-bond donors (Lipinski definition) is 2. The van der Waals surface area contributed by atoms with Crippen LogP contribution < -0.4 is 68.9 Å². The molecular weight excluding hydrogens is 193 g/mol. The van der Waals surface area contributed by atoms with Crippen molar-refractivity contribution in [2.75, 3.05) is 6.61 Å². The SMILES string of the molecule is CC(O)CO.O=[P+]([O-])[O-].[Na+].[Na+]. The summed E-state index contributed by atoms with van der Waals surface area (Å²) >= 11 is 0. The second-order valence-electron chi connectivity index (χ2n) is 1.26. The first-order valence-electron chi connectivity index (χ1n) is 2.11. The molecule has 2 N–H and O–H groups in total.